The zero-order valence-corrected chi connectivity index (χ0v) is 23.8. The number of rotatable bonds is 8. The van der Waals surface area contributed by atoms with Crippen LogP contribution in [-0.4, -0.2) is 38.0 Å². The molecule has 0 spiro atoms. The third-order valence-corrected chi connectivity index (χ3v) is 8.82. The number of hydrogen-bond donors (Lipinski definition) is 3. The lowest BCUT2D eigenvalue weighted by molar-refractivity contribution is -0.132. The molecule has 0 unspecified atom stereocenters. The van der Waals surface area contributed by atoms with Crippen LogP contribution in [-0.2, 0) is 16.6 Å². The quantitative estimate of drug-likeness (QED) is 0.216. The highest BCUT2D eigenvalue weighted by Gasteiger charge is 2.45. The summed E-state index contributed by atoms with van der Waals surface area (Å²) in [4.78, 5) is 42.5. The molecule has 2 aromatic heterocycles. The Morgan fingerprint density at radius 1 is 1.07 bits per heavy atom. The van der Waals surface area contributed by atoms with Gasteiger partial charge in [-0.1, -0.05) is 31.0 Å². The van der Waals surface area contributed by atoms with E-state index >= 15 is 0 Å². The van der Waals surface area contributed by atoms with Crippen LogP contribution in [0.3, 0.4) is 0 Å². The van der Waals surface area contributed by atoms with Crippen molar-refractivity contribution in [3.63, 3.8) is 0 Å². The van der Waals surface area contributed by atoms with Crippen LogP contribution in [0.5, 0.6) is 0 Å². The molecule has 2 saturated carbocycles. The zero-order chi connectivity index (χ0) is 29.4. The van der Waals surface area contributed by atoms with Gasteiger partial charge in [-0.15, -0.1) is 0 Å². The van der Waals surface area contributed by atoms with Crippen molar-refractivity contribution in [3.05, 3.63) is 77.4 Å². The molecule has 4 aromatic rings. The Kier molecular flexibility index (Phi) is 7.18. The van der Waals surface area contributed by atoms with Gasteiger partial charge < -0.3 is 24.7 Å². The molecule has 2 amide bonds. The number of carboxylic acid groups (broad SMARTS) is 1. The van der Waals surface area contributed by atoms with E-state index in [1.807, 2.05) is 25.2 Å². The number of anilines is 1. The van der Waals surface area contributed by atoms with Crippen molar-refractivity contribution < 1.29 is 23.9 Å². The summed E-state index contributed by atoms with van der Waals surface area (Å²) in [6, 6.07) is 12.7. The molecule has 0 saturated heterocycles. The normalized spacial score (nSPS) is 16.8. The number of amides is 2. The molecule has 0 radical (unpaired) electrons. The van der Waals surface area contributed by atoms with Gasteiger partial charge in [0.1, 0.15) is 17.5 Å². The van der Waals surface area contributed by atoms with Crippen LogP contribution >= 0.6 is 0 Å². The Morgan fingerprint density at radius 3 is 2.43 bits per heavy atom. The van der Waals surface area contributed by atoms with Crippen LogP contribution in [0.4, 0.5) is 5.69 Å². The largest absolute Gasteiger partial charge is 0.478 e. The number of carboxylic acids is 1. The lowest BCUT2D eigenvalue weighted by atomic mass is 9.75. The maximum atomic E-state index is 13.6. The number of oxazole rings is 1. The Bertz CT molecular complexity index is 1690. The number of aliphatic carboxylic acids is 1. The molecule has 9 heteroatoms. The maximum absolute atomic E-state index is 13.6. The maximum Gasteiger partial charge on any atom is 0.331 e. The van der Waals surface area contributed by atoms with Crippen LogP contribution < -0.4 is 10.6 Å². The fraction of sp³-hybridized carbons (Fsp3) is 0.333. The van der Waals surface area contributed by atoms with E-state index in [9.17, 15) is 14.4 Å². The Labute approximate surface area is 243 Å². The molecule has 2 fully saturated rings. The molecule has 0 bridgehead atoms. The van der Waals surface area contributed by atoms with Crippen molar-refractivity contribution in [1.29, 1.82) is 0 Å². The molecular formula is C33H34N4O5. The van der Waals surface area contributed by atoms with Gasteiger partial charge in [0.05, 0.1) is 5.69 Å². The fourth-order valence-electron chi connectivity index (χ4n) is 6.33. The van der Waals surface area contributed by atoms with Gasteiger partial charge in [-0.2, -0.15) is 0 Å². The molecular weight excluding hydrogens is 532 g/mol. The number of aryl methyl sites for hydroxylation is 1. The van der Waals surface area contributed by atoms with E-state index in [1.165, 1.54) is 31.7 Å². The van der Waals surface area contributed by atoms with Gasteiger partial charge in [-0.3, -0.25) is 9.59 Å². The van der Waals surface area contributed by atoms with E-state index in [2.05, 4.69) is 20.2 Å². The van der Waals surface area contributed by atoms with Crippen LogP contribution in [0.1, 0.15) is 79.3 Å². The number of fused-ring (bicyclic) bond motifs is 1. The van der Waals surface area contributed by atoms with Gasteiger partial charge in [-0.25, -0.2) is 9.78 Å². The molecule has 2 aliphatic carbocycles. The summed E-state index contributed by atoms with van der Waals surface area (Å²) in [5.41, 5.74) is 5.05. The lowest BCUT2D eigenvalue weighted by Crippen LogP contribution is -2.61. The molecule has 6 rings (SSSR count). The summed E-state index contributed by atoms with van der Waals surface area (Å²) in [5, 5.41) is 16.2. The minimum atomic E-state index is -0.987. The molecule has 2 aromatic carbocycles. The highest BCUT2D eigenvalue weighted by atomic mass is 16.4. The van der Waals surface area contributed by atoms with Crippen LogP contribution in [0, 0.1) is 0 Å². The number of carbonyl (C=O) groups excluding carboxylic acids is 2. The number of aromatic nitrogens is 2. The van der Waals surface area contributed by atoms with E-state index in [4.69, 9.17) is 9.52 Å². The number of benzene rings is 2. The van der Waals surface area contributed by atoms with E-state index in [0.717, 1.165) is 47.1 Å². The first kappa shape index (κ1) is 27.5. The molecule has 0 aliphatic heterocycles. The van der Waals surface area contributed by atoms with Crippen molar-refractivity contribution in [2.75, 3.05) is 5.32 Å². The molecule has 216 valence electrons. The van der Waals surface area contributed by atoms with Gasteiger partial charge in [0.2, 0.25) is 5.91 Å². The Hall–Kier alpha value is -4.66. The summed E-state index contributed by atoms with van der Waals surface area (Å²) in [6.45, 7) is 1.53. The van der Waals surface area contributed by atoms with Gasteiger partial charge in [0.25, 0.3) is 5.91 Å². The average Bonchev–Trinajstić information content (AvgIpc) is 3.73. The minimum Gasteiger partial charge on any atom is -0.478 e. The molecule has 0 atom stereocenters. The highest BCUT2D eigenvalue weighted by Crippen LogP contribution is 2.44. The summed E-state index contributed by atoms with van der Waals surface area (Å²) in [6.07, 6.45) is 11.3. The van der Waals surface area contributed by atoms with Crippen LogP contribution in [0.2, 0.25) is 0 Å². The summed E-state index contributed by atoms with van der Waals surface area (Å²) >= 11 is 0. The monoisotopic (exact) mass is 566 g/mol. The SMILES string of the molecule is C/C(=C\c1ccc(NC(=O)C2(NC(=O)c3ccc4c(C5CCCC5)c(-c5cocn5)n(C)c4c3)CCC2)cc1)C(=O)O. The number of hydrogen-bond acceptors (Lipinski definition) is 5. The van der Waals surface area contributed by atoms with Gasteiger partial charge in [0, 0.05) is 34.8 Å². The number of nitrogens with one attached hydrogen (secondary N) is 2. The van der Waals surface area contributed by atoms with Gasteiger partial charge >= 0.3 is 5.97 Å². The van der Waals surface area contributed by atoms with Crippen LogP contribution in [0.25, 0.3) is 28.4 Å². The number of nitrogens with zero attached hydrogens (tertiary/aromatic N) is 2. The lowest BCUT2D eigenvalue weighted by Gasteiger charge is -2.40. The first-order valence-corrected chi connectivity index (χ1v) is 14.4. The molecule has 9 nitrogen and oxygen atoms in total. The van der Waals surface area contributed by atoms with Crippen molar-refractivity contribution >= 4 is 40.4 Å². The topological polar surface area (TPSA) is 126 Å². The summed E-state index contributed by atoms with van der Waals surface area (Å²) in [5.74, 6) is -1.09. The second-order valence-electron chi connectivity index (χ2n) is 11.5. The smallest absolute Gasteiger partial charge is 0.331 e. The van der Waals surface area contributed by atoms with E-state index < -0.39 is 11.5 Å². The average molecular weight is 567 g/mol. The second kappa shape index (κ2) is 11.0. The van der Waals surface area contributed by atoms with Crippen molar-refractivity contribution in [2.24, 2.45) is 7.05 Å². The van der Waals surface area contributed by atoms with Gasteiger partial charge in [-0.05, 0) is 86.4 Å². The molecule has 3 N–H and O–H groups in total. The first-order valence-electron chi connectivity index (χ1n) is 14.4. The van der Waals surface area contributed by atoms with Crippen molar-refractivity contribution in [3.8, 4) is 11.4 Å². The summed E-state index contributed by atoms with van der Waals surface area (Å²) < 4.78 is 7.41. The third kappa shape index (κ3) is 5.00. The zero-order valence-electron chi connectivity index (χ0n) is 23.8. The van der Waals surface area contributed by atoms with Gasteiger partial charge in [0.15, 0.2) is 6.39 Å². The second-order valence-corrected chi connectivity index (χ2v) is 11.5. The highest BCUT2D eigenvalue weighted by molar-refractivity contribution is 6.06. The fourth-order valence-corrected chi connectivity index (χ4v) is 6.33. The first-order chi connectivity index (χ1) is 20.3. The summed E-state index contributed by atoms with van der Waals surface area (Å²) in [7, 11) is 2.00. The third-order valence-electron chi connectivity index (χ3n) is 8.82. The standard InChI is InChI=1S/C33H34N4O5/c1-20(31(39)40)16-21-8-11-24(12-9-21)35-32(41)33(14-5-15-33)36-30(38)23-10-13-25-27(17-23)37(2)29(26-18-42-19-34-26)28(25)22-6-3-4-7-22/h8-13,16-19,22H,3-7,14-15H2,1-2H3,(H,35,41)(H,36,38)(H,39,40)/b20-16+. The predicted octanol–water partition coefficient (Wildman–Crippen LogP) is 6.27. The van der Waals surface area contributed by atoms with E-state index in [-0.39, 0.29) is 17.4 Å². The molecule has 2 aliphatic rings. The Balaban J connectivity index is 1.23. The Morgan fingerprint density at radius 2 is 1.81 bits per heavy atom. The van der Waals surface area contributed by atoms with Crippen LogP contribution in [0.15, 0.2) is 65.1 Å². The molecule has 42 heavy (non-hydrogen) atoms. The van der Waals surface area contributed by atoms with Crippen molar-refractivity contribution in [2.45, 2.75) is 63.3 Å². The predicted molar refractivity (Wildman–Crippen MR) is 160 cm³/mol. The number of carbonyl (C=O) groups is 3. The molecule has 2 heterocycles. The van der Waals surface area contributed by atoms with E-state index in [1.54, 1.807) is 36.6 Å². The minimum absolute atomic E-state index is 0.223. The van der Waals surface area contributed by atoms with E-state index in [0.29, 0.717) is 30.0 Å². The van der Waals surface area contributed by atoms with Crippen molar-refractivity contribution in [1.82, 2.24) is 14.9 Å².